The van der Waals surface area contributed by atoms with Crippen LogP contribution in [0.1, 0.15) is 26.2 Å². The third-order valence-electron chi connectivity index (χ3n) is 6.94. The Morgan fingerprint density at radius 3 is 2.34 bits per heavy atom. The largest absolute Gasteiger partial charge is 0.357 e. The van der Waals surface area contributed by atoms with Gasteiger partial charge in [-0.2, -0.15) is 0 Å². The van der Waals surface area contributed by atoms with Crippen molar-refractivity contribution in [3.05, 3.63) is 42.5 Å². The van der Waals surface area contributed by atoms with Gasteiger partial charge in [0.05, 0.1) is 18.4 Å². The fourth-order valence-corrected chi connectivity index (χ4v) is 6.43. The summed E-state index contributed by atoms with van der Waals surface area (Å²) in [6, 6.07) is 10.5. The van der Waals surface area contributed by atoms with Gasteiger partial charge in [0.1, 0.15) is 0 Å². The van der Waals surface area contributed by atoms with E-state index >= 15 is 0 Å². The number of nitrogens with one attached hydrogen (secondary N) is 2. The molecule has 5 rings (SSSR count). The molecule has 4 unspecified atom stereocenters. The van der Waals surface area contributed by atoms with E-state index in [1.165, 1.54) is 22.6 Å². The Morgan fingerprint density at radius 2 is 1.75 bits per heavy atom. The van der Waals surface area contributed by atoms with Gasteiger partial charge in [-0.1, -0.05) is 30.4 Å². The number of thioether (sulfide) groups is 1. The highest BCUT2D eigenvalue weighted by molar-refractivity contribution is 14.0. The van der Waals surface area contributed by atoms with Gasteiger partial charge in [-0.3, -0.25) is 19.5 Å². The van der Waals surface area contributed by atoms with Gasteiger partial charge in [0.15, 0.2) is 5.96 Å². The number of fused-ring (bicyclic) bond motifs is 5. The first-order chi connectivity index (χ1) is 15.1. The fourth-order valence-electron chi connectivity index (χ4n) is 5.21. The fraction of sp³-hybridized carbons (Fsp3) is 0.542. The van der Waals surface area contributed by atoms with Gasteiger partial charge in [-0.05, 0) is 50.2 Å². The van der Waals surface area contributed by atoms with E-state index in [0.29, 0.717) is 13.1 Å². The predicted molar refractivity (Wildman–Crippen MR) is 138 cm³/mol. The molecule has 32 heavy (non-hydrogen) atoms. The Balaban J connectivity index is 0.00000245. The van der Waals surface area contributed by atoms with Crippen LogP contribution in [0.3, 0.4) is 0 Å². The summed E-state index contributed by atoms with van der Waals surface area (Å²) in [5.74, 6) is 1.09. The molecule has 0 aromatic heterocycles. The molecule has 4 aliphatic rings. The maximum absolute atomic E-state index is 12.8. The monoisotopic (exact) mass is 566 g/mol. The number of carbonyl (C=O) groups is 2. The van der Waals surface area contributed by atoms with Crippen molar-refractivity contribution in [3.63, 3.8) is 0 Å². The molecule has 0 radical (unpaired) electrons. The average Bonchev–Trinajstić information content (AvgIpc) is 3.11. The summed E-state index contributed by atoms with van der Waals surface area (Å²) in [4.78, 5) is 33.2. The first-order valence-electron chi connectivity index (χ1n) is 11.4. The van der Waals surface area contributed by atoms with Gasteiger partial charge >= 0.3 is 0 Å². The van der Waals surface area contributed by atoms with E-state index in [1.807, 2.05) is 24.8 Å². The van der Waals surface area contributed by atoms with Crippen LogP contribution in [0.2, 0.25) is 0 Å². The lowest BCUT2D eigenvalue weighted by atomic mass is 9.85. The number of benzene rings is 1. The number of hydrogen-bond acceptors (Lipinski definition) is 4. The number of carbonyl (C=O) groups excluding carboxylic acids is 2. The number of hydrogen-bond donors (Lipinski definition) is 2. The molecular weight excluding hydrogens is 535 g/mol. The lowest BCUT2D eigenvalue weighted by Gasteiger charge is -2.19. The number of amides is 2. The van der Waals surface area contributed by atoms with E-state index in [0.717, 1.165) is 25.5 Å². The second kappa shape index (κ2) is 9.75. The van der Waals surface area contributed by atoms with E-state index in [4.69, 9.17) is 4.99 Å². The zero-order valence-corrected chi connectivity index (χ0v) is 21.5. The van der Waals surface area contributed by atoms with E-state index in [9.17, 15) is 9.59 Å². The molecule has 8 heteroatoms. The molecule has 3 aliphatic carbocycles. The third kappa shape index (κ3) is 4.58. The van der Waals surface area contributed by atoms with Gasteiger partial charge in [0.25, 0.3) is 0 Å². The second-order valence-corrected chi connectivity index (χ2v) is 10.6. The quantitative estimate of drug-likeness (QED) is 0.166. The first-order valence-corrected chi connectivity index (χ1v) is 12.2. The van der Waals surface area contributed by atoms with Crippen LogP contribution in [-0.2, 0) is 9.59 Å². The number of rotatable bonds is 8. The van der Waals surface area contributed by atoms with E-state index in [-0.39, 0.29) is 64.2 Å². The summed E-state index contributed by atoms with van der Waals surface area (Å²) in [7, 11) is 0. The molecule has 0 spiro atoms. The molecule has 172 valence electrons. The number of likely N-dealkylation sites (tertiary alicyclic amines) is 1. The Bertz CT molecular complexity index is 888. The molecule has 1 aromatic rings. The molecular formula is C24H31IN4O2S. The minimum absolute atomic E-state index is 0. The van der Waals surface area contributed by atoms with Crippen LogP contribution in [0.15, 0.2) is 52.4 Å². The Hall–Kier alpha value is -1.55. The smallest absolute Gasteiger partial charge is 0.233 e. The maximum Gasteiger partial charge on any atom is 0.233 e. The molecule has 2 amide bonds. The van der Waals surface area contributed by atoms with Crippen LogP contribution in [0.25, 0.3) is 0 Å². The third-order valence-corrected chi connectivity index (χ3v) is 8.42. The van der Waals surface area contributed by atoms with Crippen molar-refractivity contribution in [2.75, 3.05) is 26.2 Å². The lowest BCUT2D eigenvalue weighted by molar-refractivity contribution is -0.140. The SMILES string of the molecule is CCNC(=NCC1(Sc2ccccc2)CC1)NCCN1C(=O)C2C3C=CC(C3)C2C1=O.I. The van der Waals surface area contributed by atoms with E-state index in [2.05, 4.69) is 47.1 Å². The minimum atomic E-state index is -0.117. The normalized spacial score (nSPS) is 29.2. The average molecular weight is 567 g/mol. The molecule has 6 nitrogen and oxygen atoms in total. The highest BCUT2D eigenvalue weighted by atomic mass is 127. The highest BCUT2D eigenvalue weighted by Crippen LogP contribution is 2.53. The number of nitrogens with zero attached hydrogens (tertiary/aromatic N) is 2. The van der Waals surface area contributed by atoms with Gasteiger partial charge in [0.2, 0.25) is 11.8 Å². The number of aliphatic imine (C=N–C) groups is 1. The van der Waals surface area contributed by atoms with Gasteiger partial charge < -0.3 is 10.6 Å². The van der Waals surface area contributed by atoms with Crippen LogP contribution < -0.4 is 10.6 Å². The summed E-state index contributed by atoms with van der Waals surface area (Å²) in [5, 5.41) is 6.61. The molecule has 2 bridgehead atoms. The van der Waals surface area contributed by atoms with Crippen LogP contribution >= 0.6 is 35.7 Å². The van der Waals surface area contributed by atoms with E-state index in [1.54, 1.807) is 0 Å². The molecule has 1 heterocycles. The van der Waals surface area contributed by atoms with Crippen molar-refractivity contribution in [2.45, 2.75) is 35.8 Å². The van der Waals surface area contributed by atoms with Crippen molar-refractivity contribution in [1.82, 2.24) is 15.5 Å². The Morgan fingerprint density at radius 1 is 1.09 bits per heavy atom. The van der Waals surface area contributed by atoms with Crippen molar-refractivity contribution >= 4 is 53.5 Å². The molecule has 2 N–H and O–H groups in total. The number of guanidine groups is 1. The van der Waals surface area contributed by atoms with Crippen molar-refractivity contribution < 1.29 is 9.59 Å². The zero-order chi connectivity index (χ0) is 21.4. The standard InChI is InChI=1S/C24H30N4O2S.HI/c1-2-25-23(27-15-24(10-11-24)31-18-6-4-3-5-7-18)26-12-13-28-21(29)19-16-8-9-17(14-16)20(19)22(28)30;/h3-9,16-17,19-20H,2,10-15H2,1H3,(H2,25,26,27);1H. The van der Waals surface area contributed by atoms with Gasteiger partial charge in [-0.15, -0.1) is 35.7 Å². The number of imide groups is 1. The summed E-state index contributed by atoms with van der Waals surface area (Å²) in [5.41, 5.74) is 0. The summed E-state index contributed by atoms with van der Waals surface area (Å²) in [6.45, 7) is 4.48. The molecule has 1 aromatic carbocycles. The van der Waals surface area contributed by atoms with Gasteiger partial charge in [-0.25, -0.2) is 0 Å². The Kier molecular flexibility index (Phi) is 7.19. The van der Waals surface area contributed by atoms with Crippen LogP contribution in [0, 0.1) is 23.7 Å². The van der Waals surface area contributed by atoms with Crippen molar-refractivity contribution in [1.29, 1.82) is 0 Å². The molecule has 4 atom stereocenters. The highest BCUT2D eigenvalue weighted by Gasteiger charge is 2.58. The summed E-state index contributed by atoms with van der Waals surface area (Å²) >= 11 is 1.91. The number of halogens is 1. The molecule has 3 fully saturated rings. The van der Waals surface area contributed by atoms with Crippen molar-refractivity contribution in [2.24, 2.45) is 28.7 Å². The number of allylic oxidation sites excluding steroid dienone is 2. The second-order valence-electron chi connectivity index (χ2n) is 9.05. The zero-order valence-electron chi connectivity index (χ0n) is 18.3. The first kappa shape index (κ1) is 23.6. The van der Waals surface area contributed by atoms with Gasteiger partial charge in [0, 0.05) is 29.3 Å². The lowest BCUT2D eigenvalue weighted by Crippen LogP contribution is -2.44. The van der Waals surface area contributed by atoms with Crippen LogP contribution in [0.5, 0.6) is 0 Å². The topological polar surface area (TPSA) is 73.8 Å². The predicted octanol–water partition coefficient (Wildman–Crippen LogP) is 3.29. The van der Waals surface area contributed by atoms with Crippen LogP contribution in [0.4, 0.5) is 0 Å². The van der Waals surface area contributed by atoms with Crippen LogP contribution in [-0.4, -0.2) is 53.6 Å². The molecule has 1 aliphatic heterocycles. The van der Waals surface area contributed by atoms with E-state index < -0.39 is 0 Å². The molecule has 1 saturated heterocycles. The molecule has 2 saturated carbocycles. The Labute approximate surface area is 211 Å². The summed E-state index contributed by atoms with van der Waals surface area (Å²) < 4.78 is 0.189. The maximum atomic E-state index is 12.8. The van der Waals surface area contributed by atoms with Crippen molar-refractivity contribution in [3.8, 4) is 0 Å². The summed E-state index contributed by atoms with van der Waals surface area (Å²) in [6.07, 6.45) is 7.58. The minimum Gasteiger partial charge on any atom is -0.357 e.